The molecule has 0 bridgehead atoms. The third-order valence-electron chi connectivity index (χ3n) is 6.33. The average molecular weight is 492 g/mol. The van der Waals surface area contributed by atoms with Crippen LogP contribution in [-0.2, 0) is 22.1 Å². The number of methoxy groups -OCH3 is 1. The van der Waals surface area contributed by atoms with E-state index in [1.54, 1.807) is 17.9 Å². The van der Waals surface area contributed by atoms with Crippen molar-refractivity contribution in [1.29, 1.82) is 0 Å². The van der Waals surface area contributed by atoms with E-state index in [1.807, 2.05) is 13.8 Å². The van der Waals surface area contributed by atoms with Crippen LogP contribution in [0.25, 0.3) is 0 Å². The van der Waals surface area contributed by atoms with Gasteiger partial charge in [0.05, 0.1) is 23.9 Å². The first-order valence-corrected chi connectivity index (χ1v) is 12.0. The molecule has 0 heterocycles. The van der Waals surface area contributed by atoms with Gasteiger partial charge in [-0.25, -0.2) is 4.79 Å². The summed E-state index contributed by atoms with van der Waals surface area (Å²) in [5.74, 6) is -1.22. The van der Waals surface area contributed by atoms with Gasteiger partial charge in [-0.15, -0.1) is 0 Å². The monoisotopic (exact) mass is 491 g/mol. The molecule has 35 heavy (non-hydrogen) atoms. The number of hydrogen-bond acceptors (Lipinski definition) is 4. The van der Waals surface area contributed by atoms with Crippen LogP contribution in [0.4, 0.5) is 18.9 Å². The lowest BCUT2D eigenvalue weighted by molar-refractivity contribution is -0.138. The second kappa shape index (κ2) is 11.1. The minimum Gasteiger partial charge on any atom is -0.465 e. The van der Waals surface area contributed by atoms with Crippen LogP contribution in [0.15, 0.2) is 36.4 Å². The summed E-state index contributed by atoms with van der Waals surface area (Å²) in [6, 6.07) is 8.02. The second-order valence-electron chi connectivity index (χ2n) is 9.09. The van der Waals surface area contributed by atoms with Gasteiger partial charge in [-0.1, -0.05) is 32.3 Å². The standard InChI is InChI=1S/C27H32F3NO4/c1-5-18-11-14-24(22(15-18)27(28,29)30)35-20-12-13-23(21(16-20)26(33)34-4)31(17(2)3)25(32)19-9-7-6-8-10-19/h11-17,19H,5-10H2,1-4H3. The highest BCUT2D eigenvalue weighted by Gasteiger charge is 2.35. The minimum absolute atomic E-state index is 0.0396. The Morgan fingerprint density at radius 3 is 2.31 bits per heavy atom. The van der Waals surface area contributed by atoms with Crippen LogP contribution in [0.2, 0.25) is 0 Å². The van der Waals surface area contributed by atoms with Crippen molar-refractivity contribution in [2.75, 3.05) is 12.0 Å². The van der Waals surface area contributed by atoms with Crippen LogP contribution in [0.1, 0.15) is 74.4 Å². The number of alkyl halides is 3. The van der Waals surface area contributed by atoms with E-state index in [0.29, 0.717) is 17.7 Å². The summed E-state index contributed by atoms with van der Waals surface area (Å²) in [6.45, 7) is 5.49. The Labute approximate surface area is 204 Å². The maximum Gasteiger partial charge on any atom is 0.419 e. The van der Waals surface area contributed by atoms with Crippen molar-refractivity contribution in [2.45, 2.75) is 71.5 Å². The number of carbonyl (C=O) groups excluding carboxylic acids is 2. The predicted molar refractivity (Wildman–Crippen MR) is 128 cm³/mol. The van der Waals surface area contributed by atoms with Crippen molar-refractivity contribution >= 4 is 17.6 Å². The van der Waals surface area contributed by atoms with Crippen molar-refractivity contribution in [2.24, 2.45) is 5.92 Å². The molecule has 2 aromatic carbocycles. The number of halogens is 3. The lowest BCUT2D eigenvalue weighted by Crippen LogP contribution is -2.42. The van der Waals surface area contributed by atoms with Crippen molar-refractivity contribution in [3.05, 3.63) is 53.1 Å². The molecule has 0 N–H and O–H groups in total. The highest BCUT2D eigenvalue weighted by atomic mass is 19.4. The van der Waals surface area contributed by atoms with E-state index in [0.717, 1.165) is 38.2 Å². The number of esters is 1. The molecular weight excluding hydrogens is 459 g/mol. The first kappa shape index (κ1) is 26.6. The zero-order valence-electron chi connectivity index (χ0n) is 20.6. The quantitative estimate of drug-likeness (QED) is 0.385. The van der Waals surface area contributed by atoms with Crippen molar-refractivity contribution in [1.82, 2.24) is 0 Å². The molecule has 0 atom stereocenters. The van der Waals surface area contributed by atoms with E-state index >= 15 is 0 Å². The highest BCUT2D eigenvalue weighted by Crippen LogP contribution is 2.40. The number of anilines is 1. The normalized spacial score (nSPS) is 14.6. The smallest absolute Gasteiger partial charge is 0.419 e. The van der Waals surface area contributed by atoms with Crippen LogP contribution in [0.5, 0.6) is 11.5 Å². The van der Waals surface area contributed by atoms with Gasteiger partial charge in [-0.05, 0) is 69.0 Å². The Morgan fingerprint density at radius 2 is 1.74 bits per heavy atom. The number of amides is 1. The van der Waals surface area contributed by atoms with Gasteiger partial charge >= 0.3 is 12.1 Å². The van der Waals surface area contributed by atoms with Crippen LogP contribution < -0.4 is 9.64 Å². The molecule has 8 heteroatoms. The molecule has 1 amide bonds. The van der Waals surface area contributed by atoms with Gasteiger partial charge in [0.2, 0.25) is 5.91 Å². The fourth-order valence-corrected chi connectivity index (χ4v) is 4.49. The molecule has 0 radical (unpaired) electrons. The molecule has 3 rings (SSSR count). The zero-order chi connectivity index (χ0) is 25.8. The molecule has 0 saturated heterocycles. The van der Waals surface area contributed by atoms with Gasteiger partial charge in [0, 0.05) is 12.0 Å². The Morgan fingerprint density at radius 1 is 1.06 bits per heavy atom. The Hall–Kier alpha value is -3.03. The summed E-state index contributed by atoms with van der Waals surface area (Å²) in [5.41, 5.74) is 0.0506. The molecule has 0 aliphatic heterocycles. The molecule has 2 aromatic rings. The summed E-state index contributed by atoms with van der Waals surface area (Å²) in [4.78, 5) is 27.7. The topological polar surface area (TPSA) is 55.8 Å². The van der Waals surface area contributed by atoms with E-state index in [9.17, 15) is 22.8 Å². The minimum atomic E-state index is -4.60. The molecule has 1 saturated carbocycles. The summed E-state index contributed by atoms with van der Waals surface area (Å²) in [5, 5.41) is 0. The molecule has 1 fully saturated rings. The summed E-state index contributed by atoms with van der Waals surface area (Å²) >= 11 is 0. The first-order valence-electron chi connectivity index (χ1n) is 12.0. The van der Waals surface area contributed by atoms with Gasteiger partial charge in [-0.2, -0.15) is 13.2 Å². The molecule has 0 spiro atoms. The molecule has 1 aliphatic rings. The number of rotatable bonds is 7. The zero-order valence-corrected chi connectivity index (χ0v) is 20.6. The van der Waals surface area contributed by atoms with E-state index in [1.165, 1.54) is 31.4 Å². The molecular formula is C27H32F3NO4. The summed E-state index contributed by atoms with van der Waals surface area (Å²) in [6.07, 6.45) is 0.505. The number of hydrogen-bond donors (Lipinski definition) is 0. The number of benzene rings is 2. The van der Waals surface area contributed by atoms with Crippen molar-refractivity contribution < 1.29 is 32.2 Å². The van der Waals surface area contributed by atoms with Crippen LogP contribution in [0, 0.1) is 5.92 Å². The van der Waals surface area contributed by atoms with Gasteiger partial charge < -0.3 is 14.4 Å². The maximum atomic E-state index is 13.7. The largest absolute Gasteiger partial charge is 0.465 e. The molecule has 1 aliphatic carbocycles. The Balaban J connectivity index is 2.02. The van der Waals surface area contributed by atoms with Crippen molar-refractivity contribution in [3.63, 3.8) is 0 Å². The molecule has 0 aromatic heterocycles. The SMILES string of the molecule is CCc1ccc(Oc2ccc(N(C(=O)C3CCCCC3)C(C)C)c(C(=O)OC)c2)c(C(F)(F)F)c1. The first-order chi connectivity index (χ1) is 16.6. The number of aryl methyl sites for hydroxylation is 1. The van der Waals surface area contributed by atoms with Gasteiger partial charge in [-0.3, -0.25) is 4.79 Å². The van der Waals surface area contributed by atoms with E-state index < -0.39 is 17.7 Å². The maximum absolute atomic E-state index is 13.7. The Kier molecular flexibility index (Phi) is 8.46. The van der Waals surface area contributed by atoms with Gasteiger partial charge in [0.15, 0.2) is 0 Å². The predicted octanol–water partition coefficient (Wildman–Crippen LogP) is 7.17. The van der Waals surface area contributed by atoms with Crippen LogP contribution in [-0.4, -0.2) is 25.0 Å². The lowest BCUT2D eigenvalue weighted by Gasteiger charge is -2.33. The fourth-order valence-electron chi connectivity index (χ4n) is 4.49. The van der Waals surface area contributed by atoms with E-state index in [2.05, 4.69) is 0 Å². The summed E-state index contributed by atoms with van der Waals surface area (Å²) < 4.78 is 51.5. The molecule has 190 valence electrons. The number of carbonyl (C=O) groups is 2. The highest BCUT2D eigenvalue weighted by molar-refractivity contribution is 6.04. The fraction of sp³-hybridized carbons (Fsp3) is 0.481. The summed E-state index contributed by atoms with van der Waals surface area (Å²) in [7, 11) is 1.22. The van der Waals surface area contributed by atoms with Gasteiger partial charge in [0.1, 0.15) is 11.5 Å². The van der Waals surface area contributed by atoms with Crippen molar-refractivity contribution in [3.8, 4) is 11.5 Å². The molecule has 5 nitrogen and oxygen atoms in total. The van der Waals surface area contributed by atoms with Gasteiger partial charge in [0.25, 0.3) is 0 Å². The second-order valence-corrected chi connectivity index (χ2v) is 9.09. The van der Waals surface area contributed by atoms with Crippen LogP contribution >= 0.6 is 0 Å². The van der Waals surface area contributed by atoms with E-state index in [-0.39, 0.29) is 34.9 Å². The lowest BCUT2D eigenvalue weighted by atomic mass is 9.87. The van der Waals surface area contributed by atoms with E-state index in [4.69, 9.17) is 9.47 Å². The third kappa shape index (κ3) is 6.16. The molecule has 0 unspecified atom stereocenters. The average Bonchev–Trinajstić information content (AvgIpc) is 2.84. The number of ether oxygens (including phenoxy) is 2. The third-order valence-corrected chi connectivity index (χ3v) is 6.33. The van der Waals surface area contributed by atoms with Crippen LogP contribution in [0.3, 0.4) is 0 Å². The number of nitrogens with zero attached hydrogens (tertiary/aromatic N) is 1. The Bertz CT molecular complexity index is 1060.